The van der Waals surface area contributed by atoms with Crippen molar-refractivity contribution < 1.29 is 18.7 Å². The number of benzene rings is 3. The number of nitrogen functional groups attached to an aromatic ring is 1. The number of para-hydroxylation sites is 1. The molecule has 2 amide bonds. The number of anilines is 2. The van der Waals surface area contributed by atoms with Gasteiger partial charge in [0, 0.05) is 5.56 Å². The first-order chi connectivity index (χ1) is 15.9. The third-order valence-electron chi connectivity index (χ3n) is 4.81. The van der Waals surface area contributed by atoms with Gasteiger partial charge in [-0.3, -0.25) is 9.59 Å². The van der Waals surface area contributed by atoms with Crippen molar-refractivity contribution in [1.82, 2.24) is 9.97 Å². The number of ether oxygens (including phenoxy) is 1. The van der Waals surface area contributed by atoms with Crippen molar-refractivity contribution in [2.45, 2.75) is 6.61 Å². The van der Waals surface area contributed by atoms with Crippen molar-refractivity contribution in [2.24, 2.45) is 5.73 Å². The Kier molecular flexibility index (Phi) is 6.03. The van der Waals surface area contributed by atoms with Gasteiger partial charge in [0.1, 0.15) is 29.8 Å². The van der Waals surface area contributed by atoms with Gasteiger partial charge in [-0.1, -0.05) is 42.5 Å². The highest BCUT2D eigenvalue weighted by Gasteiger charge is 2.21. The second kappa shape index (κ2) is 9.23. The number of carbonyl (C=O) groups is 2. The average molecular weight is 445 g/mol. The summed E-state index contributed by atoms with van der Waals surface area (Å²) in [5.41, 5.74) is 12.4. The summed E-state index contributed by atoms with van der Waals surface area (Å²) < 4.78 is 19.3. The third kappa shape index (κ3) is 4.82. The molecule has 33 heavy (non-hydrogen) atoms. The van der Waals surface area contributed by atoms with Crippen LogP contribution in [-0.4, -0.2) is 21.8 Å². The van der Waals surface area contributed by atoms with Crippen LogP contribution >= 0.6 is 0 Å². The summed E-state index contributed by atoms with van der Waals surface area (Å²) in [5.74, 6) is -1.40. The molecule has 6 N–H and O–H groups in total. The van der Waals surface area contributed by atoms with E-state index in [1.54, 1.807) is 24.3 Å². The fourth-order valence-corrected chi connectivity index (χ4v) is 3.17. The Balaban J connectivity index is 1.59. The van der Waals surface area contributed by atoms with Gasteiger partial charge in [-0.15, -0.1) is 0 Å². The lowest BCUT2D eigenvalue weighted by atomic mass is 10.2. The van der Waals surface area contributed by atoms with Crippen LogP contribution in [0, 0.1) is 5.82 Å². The zero-order valence-corrected chi connectivity index (χ0v) is 17.3. The Morgan fingerprint density at radius 2 is 1.76 bits per heavy atom. The van der Waals surface area contributed by atoms with Crippen LogP contribution in [0.1, 0.15) is 26.4 Å². The smallest absolute Gasteiger partial charge is 0.271 e. The lowest BCUT2D eigenvalue weighted by molar-refractivity contribution is 0.0997. The van der Waals surface area contributed by atoms with E-state index in [0.717, 1.165) is 5.56 Å². The number of carbonyl (C=O) groups excluding carboxylic acids is 2. The number of imidazole rings is 1. The Bertz CT molecular complexity index is 1320. The largest absolute Gasteiger partial charge is 0.488 e. The molecule has 0 atom stereocenters. The molecule has 0 fully saturated rings. The number of rotatable bonds is 7. The number of aromatic nitrogens is 2. The quantitative estimate of drug-likeness (QED) is 0.321. The number of nitrogens with one attached hydrogen (secondary N) is 2. The van der Waals surface area contributed by atoms with Crippen LogP contribution in [0.5, 0.6) is 5.75 Å². The highest BCUT2D eigenvalue weighted by atomic mass is 19.1. The van der Waals surface area contributed by atoms with Crippen LogP contribution in [0.15, 0.2) is 72.8 Å². The van der Waals surface area contributed by atoms with E-state index in [9.17, 15) is 14.0 Å². The summed E-state index contributed by atoms with van der Waals surface area (Å²) in [4.78, 5) is 31.9. The first kappa shape index (κ1) is 21.6. The van der Waals surface area contributed by atoms with E-state index in [0.29, 0.717) is 11.3 Å². The summed E-state index contributed by atoms with van der Waals surface area (Å²) in [7, 11) is 0. The highest BCUT2D eigenvalue weighted by Crippen LogP contribution is 2.26. The van der Waals surface area contributed by atoms with Crippen LogP contribution in [0.3, 0.4) is 0 Å². The molecule has 0 bridgehead atoms. The van der Waals surface area contributed by atoms with Crippen LogP contribution in [0.25, 0.3) is 11.4 Å². The monoisotopic (exact) mass is 445 g/mol. The maximum absolute atomic E-state index is 13.5. The van der Waals surface area contributed by atoms with E-state index >= 15 is 0 Å². The highest BCUT2D eigenvalue weighted by molar-refractivity contribution is 6.09. The van der Waals surface area contributed by atoms with Gasteiger partial charge >= 0.3 is 0 Å². The molecule has 0 saturated heterocycles. The first-order valence-electron chi connectivity index (χ1n) is 9.94. The number of nitrogens with zero attached hydrogens (tertiary/aromatic N) is 1. The van der Waals surface area contributed by atoms with Crippen molar-refractivity contribution in [2.75, 3.05) is 11.1 Å². The fourth-order valence-electron chi connectivity index (χ4n) is 3.17. The summed E-state index contributed by atoms with van der Waals surface area (Å²) in [6.45, 7) is 0.276. The molecular weight excluding hydrogens is 425 g/mol. The minimum Gasteiger partial charge on any atom is -0.488 e. The molecule has 1 heterocycles. The number of hydrogen-bond donors (Lipinski definition) is 4. The molecule has 0 aliphatic rings. The van der Waals surface area contributed by atoms with E-state index in [4.69, 9.17) is 16.2 Å². The molecule has 0 aliphatic carbocycles. The molecule has 4 rings (SSSR count). The number of hydrogen-bond acceptors (Lipinski definition) is 5. The van der Waals surface area contributed by atoms with Gasteiger partial charge in [0.15, 0.2) is 5.69 Å². The third-order valence-corrected chi connectivity index (χ3v) is 4.81. The van der Waals surface area contributed by atoms with Crippen molar-refractivity contribution in [1.29, 1.82) is 0 Å². The molecule has 0 spiro atoms. The molecule has 3 aromatic carbocycles. The van der Waals surface area contributed by atoms with Gasteiger partial charge in [0.05, 0.1) is 11.3 Å². The molecule has 0 saturated carbocycles. The molecule has 0 radical (unpaired) electrons. The zero-order valence-electron chi connectivity index (χ0n) is 17.3. The van der Waals surface area contributed by atoms with E-state index in [2.05, 4.69) is 15.3 Å². The Morgan fingerprint density at radius 3 is 2.48 bits per heavy atom. The van der Waals surface area contributed by atoms with E-state index < -0.39 is 17.6 Å². The predicted octanol–water partition coefficient (Wildman–Crippen LogP) is 3.73. The molecule has 166 valence electrons. The summed E-state index contributed by atoms with van der Waals surface area (Å²) in [5, 5.41) is 2.62. The molecule has 0 aliphatic heterocycles. The Morgan fingerprint density at radius 1 is 1.03 bits per heavy atom. The normalized spacial score (nSPS) is 10.6. The fraction of sp³-hybridized carbons (Fsp3) is 0.0417. The zero-order chi connectivity index (χ0) is 23.4. The molecule has 4 aromatic rings. The second-order valence-corrected chi connectivity index (χ2v) is 7.13. The predicted molar refractivity (Wildman–Crippen MR) is 122 cm³/mol. The summed E-state index contributed by atoms with van der Waals surface area (Å²) in [6.07, 6.45) is 0. The average Bonchev–Trinajstić information content (AvgIpc) is 3.24. The maximum Gasteiger partial charge on any atom is 0.271 e. The van der Waals surface area contributed by atoms with Crippen LogP contribution < -0.4 is 21.5 Å². The Hall–Kier alpha value is -4.66. The second-order valence-electron chi connectivity index (χ2n) is 7.13. The van der Waals surface area contributed by atoms with E-state index in [-0.39, 0.29) is 35.2 Å². The van der Waals surface area contributed by atoms with E-state index in [1.807, 2.05) is 30.3 Å². The maximum atomic E-state index is 13.5. The number of nitrogens with two attached hydrogens (primary N) is 2. The number of H-pyrrole nitrogens is 1. The summed E-state index contributed by atoms with van der Waals surface area (Å²) in [6, 6.07) is 20.2. The summed E-state index contributed by atoms with van der Waals surface area (Å²) >= 11 is 0. The van der Waals surface area contributed by atoms with Gasteiger partial charge in [-0.25, -0.2) is 9.37 Å². The number of halogens is 1. The SMILES string of the molecule is NC(=O)c1nc(-c2ccc(F)c(N)c2)[nH]c1NC(=O)c1ccccc1OCc1ccccc1. The molecule has 1 aromatic heterocycles. The molecular formula is C24H20FN5O3. The molecule has 0 unspecified atom stereocenters. The van der Waals surface area contributed by atoms with E-state index in [1.165, 1.54) is 18.2 Å². The number of primary amides is 1. The van der Waals surface area contributed by atoms with Crippen LogP contribution in [0.2, 0.25) is 0 Å². The lowest BCUT2D eigenvalue weighted by Crippen LogP contribution is -2.19. The van der Waals surface area contributed by atoms with Crippen LogP contribution in [-0.2, 0) is 6.61 Å². The van der Waals surface area contributed by atoms with Crippen molar-refractivity contribution >= 4 is 23.3 Å². The molecule has 8 nitrogen and oxygen atoms in total. The topological polar surface area (TPSA) is 136 Å². The van der Waals surface area contributed by atoms with Gasteiger partial charge in [-0.05, 0) is 35.9 Å². The van der Waals surface area contributed by atoms with Crippen molar-refractivity contribution in [3.05, 3.63) is 95.4 Å². The molecule has 9 heteroatoms. The van der Waals surface area contributed by atoms with Gasteiger partial charge in [0.25, 0.3) is 11.8 Å². The number of aromatic amines is 1. The Labute approximate surface area is 188 Å². The van der Waals surface area contributed by atoms with Gasteiger partial charge < -0.3 is 26.5 Å². The minimum atomic E-state index is -0.850. The number of amides is 2. The van der Waals surface area contributed by atoms with Crippen molar-refractivity contribution in [3.8, 4) is 17.1 Å². The minimum absolute atomic E-state index is 0.00302. The van der Waals surface area contributed by atoms with Crippen LogP contribution in [0.4, 0.5) is 15.9 Å². The standard InChI is InChI=1S/C24H20FN5O3/c25-17-11-10-15(12-18(17)26)22-28-20(21(27)31)23(29-22)30-24(32)16-8-4-5-9-19(16)33-13-14-6-2-1-3-7-14/h1-12H,13,26H2,(H2,27,31)(H,28,29)(H,30,32). The lowest BCUT2D eigenvalue weighted by Gasteiger charge is -2.11. The van der Waals surface area contributed by atoms with Gasteiger partial charge in [0.2, 0.25) is 0 Å². The first-order valence-corrected chi connectivity index (χ1v) is 9.94. The van der Waals surface area contributed by atoms with Crippen molar-refractivity contribution in [3.63, 3.8) is 0 Å². The van der Waals surface area contributed by atoms with Gasteiger partial charge in [-0.2, -0.15) is 0 Å².